The van der Waals surface area contributed by atoms with Crippen molar-refractivity contribution in [1.82, 2.24) is 20.4 Å². The van der Waals surface area contributed by atoms with E-state index in [4.69, 9.17) is 0 Å². The fraction of sp³-hybridized carbons (Fsp3) is 0.444. The first kappa shape index (κ1) is 15.7. The Balaban J connectivity index is 1.82. The lowest BCUT2D eigenvalue weighted by atomic mass is 10.00. The van der Waals surface area contributed by atoms with E-state index in [1.54, 1.807) is 0 Å². The van der Waals surface area contributed by atoms with E-state index in [2.05, 4.69) is 22.7 Å². The topological polar surface area (TPSA) is 59.0 Å². The third-order valence-corrected chi connectivity index (χ3v) is 4.48. The van der Waals surface area contributed by atoms with Crippen LogP contribution in [0.5, 0.6) is 0 Å². The van der Waals surface area contributed by atoms with Crippen LogP contribution < -0.4 is 10.6 Å². The number of hydrogen-bond donors (Lipinski definition) is 2. The van der Waals surface area contributed by atoms with E-state index in [1.807, 2.05) is 48.9 Å². The van der Waals surface area contributed by atoms with E-state index >= 15 is 0 Å². The van der Waals surface area contributed by atoms with Crippen LogP contribution in [0.2, 0.25) is 0 Å². The average Bonchev–Trinajstić information content (AvgIpc) is 2.83. The molecule has 1 fully saturated rings. The van der Waals surface area contributed by atoms with Gasteiger partial charge in [0.15, 0.2) is 0 Å². The van der Waals surface area contributed by atoms with Crippen molar-refractivity contribution in [3.63, 3.8) is 0 Å². The van der Waals surface area contributed by atoms with Crippen LogP contribution >= 0.6 is 0 Å². The van der Waals surface area contributed by atoms with Crippen molar-refractivity contribution in [2.24, 2.45) is 0 Å². The standard InChI is InChI=1S/C18H24N4O/c1-12-11-15(9-10-19-12)20-18(23)17-13(2)21-22(14(17)3)16-7-5-4-6-8-16/h4-8,12,15,19H,9-11H2,1-3H3,(H,20,23). The molecule has 1 amide bonds. The quantitative estimate of drug-likeness (QED) is 0.915. The number of hydrogen-bond acceptors (Lipinski definition) is 3. The second kappa shape index (κ2) is 6.54. The molecule has 1 saturated heterocycles. The summed E-state index contributed by atoms with van der Waals surface area (Å²) in [6, 6.07) is 10.6. The van der Waals surface area contributed by atoms with Crippen LogP contribution in [0.1, 0.15) is 41.5 Å². The van der Waals surface area contributed by atoms with Crippen LogP contribution in [0, 0.1) is 13.8 Å². The minimum absolute atomic E-state index is 0.0127. The number of piperidine rings is 1. The lowest BCUT2D eigenvalue weighted by Gasteiger charge is -2.28. The first-order valence-electron chi connectivity index (χ1n) is 8.22. The largest absolute Gasteiger partial charge is 0.349 e. The molecule has 2 atom stereocenters. The molecule has 122 valence electrons. The first-order valence-corrected chi connectivity index (χ1v) is 8.22. The molecule has 2 unspecified atom stereocenters. The molecule has 1 aliphatic rings. The summed E-state index contributed by atoms with van der Waals surface area (Å²) in [6.45, 7) is 6.95. The van der Waals surface area contributed by atoms with Crippen molar-refractivity contribution in [2.75, 3.05) is 6.54 Å². The van der Waals surface area contributed by atoms with Crippen molar-refractivity contribution in [3.05, 3.63) is 47.3 Å². The molecule has 3 rings (SSSR count). The molecule has 0 aliphatic carbocycles. The van der Waals surface area contributed by atoms with Crippen LogP contribution in [0.25, 0.3) is 5.69 Å². The minimum atomic E-state index is -0.0127. The van der Waals surface area contributed by atoms with Gasteiger partial charge in [0, 0.05) is 12.1 Å². The van der Waals surface area contributed by atoms with E-state index in [-0.39, 0.29) is 11.9 Å². The van der Waals surface area contributed by atoms with Crippen molar-refractivity contribution in [3.8, 4) is 5.69 Å². The molecular weight excluding hydrogens is 288 g/mol. The number of nitrogens with zero attached hydrogens (tertiary/aromatic N) is 2. The lowest BCUT2D eigenvalue weighted by molar-refractivity contribution is 0.0924. The lowest BCUT2D eigenvalue weighted by Crippen LogP contribution is -2.46. The van der Waals surface area contributed by atoms with Gasteiger partial charge >= 0.3 is 0 Å². The molecule has 0 spiro atoms. The monoisotopic (exact) mass is 312 g/mol. The Bertz CT molecular complexity index is 693. The van der Waals surface area contributed by atoms with Crippen molar-refractivity contribution >= 4 is 5.91 Å². The molecule has 2 N–H and O–H groups in total. The summed E-state index contributed by atoms with van der Waals surface area (Å²) >= 11 is 0. The maximum absolute atomic E-state index is 12.7. The molecule has 2 heterocycles. The number of aromatic nitrogens is 2. The predicted octanol–water partition coefficient (Wildman–Crippen LogP) is 2.36. The van der Waals surface area contributed by atoms with Gasteiger partial charge in [0.1, 0.15) is 0 Å². The van der Waals surface area contributed by atoms with Crippen molar-refractivity contribution in [1.29, 1.82) is 0 Å². The van der Waals surface area contributed by atoms with Gasteiger partial charge in [-0.3, -0.25) is 4.79 Å². The summed E-state index contributed by atoms with van der Waals surface area (Å²) in [7, 11) is 0. The summed E-state index contributed by atoms with van der Waals surface area (Å²) < 4.78 is 1.84. The molecule has 1 aromatic heterocycles. The molecule has 1 aliphatic heterocycles. The van der Waals surface area contributed by atoms with Gasteiger partial charge in [0.2, 0.25) is 0 Å². The van der Waals surface area contributed by atoms with E-state index in [0.717, 1.165) is 36.5 Å². The Labute approximate surface area is 137 Å². The zero-order valence-electron chi connectivity index (χ0n) is 14.0. The van der Waals surface area contributed by atoms with Gasteiger partial charge in [-0.25, -0.2) is 4.68 Å². The Hall–Kier alpha value is -2.14. The number of carbonyl (C=O) groups excluding carboxylic acids is 1. The third-order valence-electron chi connectivity index (χ3n) is 4.48. The van der Waals surface area contributed by atoms with E-state index in [9.17, 15) is 4.79 Å². The van der Waals surface area contributed by atoms with Gasteiger partial charge in [0.05, 0.1) is 22.6 Å². The molecule has 0 saturated carbocycles. The van der Waals surface area contributed by atoms with Crippen LogP contribution in [-0.2, 0) is 0 Å². The molecule has 5 nitrogen and oxygen atoms in total. The SMILES string of the molecule is Cc1nn(-c2ccccc2)c(C)c1C(=O)NC1CCNC(C)C1. The second-order valence-electron chi connectivity index (χ2n) is 6.34. The fourth-order valence-electron chi connectivity index (χ4n) is 3.31. The molecule has 5 heteroatoms. The first-order chi connectivity index (χ1) is 11.1. The maximum Gasteiger partial charge on any atom is 0.255 e. The van der Waals surface area contributed by atoms with Crippen LogP contribution in [0.15, 0.2) is 30.3 Å². The number of benzene rings is 1. The highest BCUT2D eigenvalue weighted by Crippen LogP contribution is 2.18. The van der Waals surface area contributed by atoms with Gasteiger partial charge in [-0.15, -0.1) is 0 Å². The number of rotatable bonds is 3. The summed E-state index contributed by atoms with van der Waals surface area (Å²) in [5.41, 5.74) is 3.32. The number of amides is 1. The molecule has 23 heavy (non-hydrogen) atoms. The summed E-state index contributed by atoms with van der Waals surface area (Å²) in [5.74, 6) is -0.0127. The third kappa shape index (κ3) is 3.29. The van der Waals surface area contributed by atoms with Gasteiger partial charge in [-0.1, -0.05) is 18.2 Å². The summed E-state index contributed by atoms with van der Waals surface area (Å²) in [4.78, 5) is 12.7. The molecule has 0 bridgehead atoms. The molecule has 0 radical (unpaired) electrons. The molecule has 1 aromatic carbocycles. The Morgan fingerprint density at radius 2 is 2.04 bits per heavy atom. The maximum atomic E-state index is 12.7. The smallest absolute Gasteiger partial charge is 0.255 e. The zero-order chi connectivity index (χ0) is 16.4. The zero-order valence-corrected chi connectivity index (χ0v) is 14.0. The number of carbonyl (C=O) groups is 1. The van der Waals surface area contributed by atoms with Crippen molar-refractivity contribution < 1.29 is 4.79 Å². The highest BCUT2D eigenvalue weighted by molar-refractivity contribution is 5.96. The fourth-order valence-corrected chi connectivity index (χ4v) is 3.31. The van der Waals surface area contributed by atoms with Gasteiger partial charge in [-0.05, 0) is 52.3 Å². The van der Waals surface area contributed by atoms with Gasteiger partial charge in [-0.2, -0.15) is 5.10 Å². The van der Waals surface area contributed by atoms with Crippen molar-refractivity contribution in [2.45, 2.75) is 45.7 Å². The average molecular weight is 312 g/mol. The number of nitrogens with one attached hydrogen (secondary N) is 2. The molecular formula is C18H24N4O. The second-order valence-corrected chi connectivity index (χ2v) is 6.34. The highest BCUT2D eigenvalue weighted by Gasteiger charge is 2.24. The van der Waals surface area contributed by atoms with Crippen LogP contribution in [-0.4, -0.2) is 34.3 Å². The van der Waals surface area contributed by atoms with E-state index < -0.39 is 0 Å². The Morgan fingerprint density at radius 3 is 2.74 bits per heavy atom. The molecule has 2 aromatic rings. The number of aryl methyl sites for hydroxylation is 1. The van der Waals surface area contributed by atoms with E-state index in [0.29, 0.717) is 11.6 Å². The number of para-hydroxylation sites is 1. The van der Waals surface area contributed by atoms with Crippen LogP contribution in [0.3, 0.4) is 0 Å². The minimum Gasteiger partial charge on any atom is -0.349 e. The summed E-state index contributed by atoms with van der Waals surface area (Å²) in [6.07, 6.45) is 1.94. The predicted molar refractivity (Wildman–Crippen MR) is 91.0 cm³/mol. The van der Waals surface area contributed by atoms with Gasteiger partial charge in [0.25, 0.3) is 5.91 Å². The van der Waals surface area contributed by atoms with E-state index in [1.165, 1.54) is 0 Å². The Kier molecular flexibility index (Phi) is 4.48. The summed E-state index contributed by atoms with van der Waals surface area (Å²) in [5, 5.41) is 11.1. The van der Waals surface area contributed by atoms with Gasteiger partial charge < -0.3 is 10.6 Å². The highest BCUT2D eigenvalue weighted by atomic mass is 16.1. The Morgan fingerprint density at radius 1 is 1.30 bits per heavy atom. The van der Waals surface area contributed by atoms with Crippen LogP contribution in [0.4, 0.5) is 0 Å². The normalized spacial score (nSPS) is 21.2.